The summed E-state index contributed by atoms with van der Waals surface area (Å²) >= 11 is 9.45. The van der Waals surface area contributed by atoms with E-state index < -0.39 is 10.0 Å². The summed E-state index contributed by atoms with van der Waals surface area (Å²) in [5.74, 6) is 0. The number of nitrogen functional groups attached to an aromatic ring is 1. The lowest BCUT2D eigenvalue weighted by atomic mass is 10.2. The highest BCUT2D eigenvalue weighted by Gasteiger charge is 2.13. The van der Waals surface area contributed by atoms with E-state index in [9.17, 15) is 8.42 Å². The highest BCUT2D eigenvalue weighted by molar-refractivity contribution is 9.10. The number of nitrogens with one attached hydrogen (secondary N) is 2. The monoisotopic (exact) mass is 389 g/mol. The van der Waals surface area contributed by atoms with Crippen molar-refractivity contribution in [2.75, 3.05) is 18.1 Å². The molecule has 0 amide bonds. The van der Waals surface area contributed by atoms with Gasteiger partial charge in [0.15, 0.2) is 0 Å². The summed E-state index contributed by atoms with van der Waals surface area (Å²) in [4.78, 5) is 0.105. The normalized spacial score (nSPS) is 11.4. The van der Waals surface area contributed by atoms with Gasteiger partial charge in [-0.3, -0.25) is 0 Å². The first-order valence-corrected chi connectivity index (χ1v) is 8.54. The minimum atomic E-state index is -3.52. The molecule has 0 aromatic heterocycles. The van der Waals surface area contributed by atoms with Gasteiger partial charge in [-0.05, 0) is 43.4 Å². The molecule has 0 aliphatic heterocycles. The van der Waals surface area contributed by atoms with Gasteiger partial charge in [0.25, 0.3) is 0 Å². The van der Waals surface area contributed by atoms with Gasteiger partial charge in [0.1, 0.15) is 0 Å². The van der Waals surface area contributed by atoms with Crippen LogP contribution >= 0.6 is 27.5 Å². The third-order valence-electron chi connectivity index (χ3n) is 2.80. The average Bonchev–Trinajstić information content (AvgIpc) is 2.44. The number of sulfonamides is 1. The maximum absolute atomic E-state index is 11.7. The van der Waals surface area contributed by atoms with Gasteiger partial charge in [-0.15, -0.1) is 0 Å². The topological polar surface area (TPSA) is 84.2 Å². The van der Waals surface area contributed by atoms with Crippen LogP contribution in [0.25, 0.3) is 0 Å². The smallest absolute Gasteiger partial charge is 0.240 e. The zero-order chi connectivity index (χ0) is 15.6. The van der Waals surface area contributed by atoms with Crippen LogP contribution < -0.4 is 15.8 Å². The Bertz CT molecular complexity index is 781. The minimum absolute atomic E-state index is 0.105. The summed E-state index contributed by atoms with van der Waals surface area (Å²) < 4.78 is 26.5. The van der Waals surface area contributed by atoms with E-state index in [1.807, 2.05) is 6.07 Å². The van der Waals surface area contributed by atoms with Crippen LogP contribution in [0.2, 0.25) is 5.02 Å². The highest BCUT2D eigenvalue weighted by atomic mass is 79.9. The largest absolute Gasteiger partial charge is 0.397 e. The predicted octanol–water partition coefficient (Wildman–Crippen LogP) is 3.34. The first-order chi connectivity index (χ1) is 9.83. The number of rotatable bonds is 4. The van der Waals surface area contributed by atoms with Gasteiger partial charge >= 0.3 is 0 Å². The Kier molecular flexibility index (Phi) is 4.77. The Morgan fingerprint density at radius 1 is 1.14 bits per heavy atom. The molecular weight excluding hydrogens is 378 g/mol. The highest BCUT2D eigenvalue weighted by Crippen LogP contribution is 2.31. The van der Waals surface area contributed by atoms with Crippen LogP contribution in [0.5, 0.6) is 0 Å². The Morgan fingerprint density at radius 3 is 2.48 bits per heavy atom. The first kappa shape index (κ1) is 16.1. The van der Waals surface area contributed by atoms with Gasteiger partial charge in [0.05, 0.1) is 27.0 Å². The van der Waals surface area contributed by atoms with E-state index in [2.05, 4.69) is 26.0 Å². The van der Waals surface area contributed by atoms with E-state index in [1.54, 1.807) is 18.2 Å². The maximum Gasteiger partial charge on any atom is 0.240 e. The molecule has 0 spiro atoms. The quantitative estimate of drug-likeness (QED) is 0.699. The number of benzene rings is 2. The molecule has 0 bridgehead atoms. The molecule has 0 fully saturated rings. The summed E-state index contributed by atoms with van der Waals surface area (Å²) in [5.41, 5.74) is 7.45. The molecule has 2 aromatic rings. The summed E-state index contributed by atoms with van der Waals surface area (Å²) in [7, 11) is -2.17. The lowest BCUT2D eigenvalue weighted by molar-refractivity contribution is 0.588. The second-order valence-electron chi connectivity index (χ2n) is 4.21. The minimum Gasteiger partial charge on any atom is -0.397 e. The van der Waals surface area contributed by atoms with Gasteiger partial charge in [-0.25, -0.2) is 13.1 Å². The van der Waals surface area contributed by atoms with Crippen LogP contribution in [0, 0.1) is 0 Å². The summed E-state index contributed by atoms with van der Waals surface area (Å²) in [6.45, 7) is 0. The Morgan fingerprint density at radius 2 is 1.86 bits per heavy atom. The molecule has 0 saturated heterocycles. The molecule has 0 radical (unpaired) electrons. The number of anilines is 3. The number of hydrogen-bond acceptors (Lipinski definition) is 4. The van der Waals surface area contributed by atoms with Crippen LogP contribution in [-0.4, -0.2) is 15.5 Å². The SMILES string of the molecule is CNS(=O)(=O)c1ccc(Nc2cc(Br)ccc2Cl)c(N)c1. The molecule has 0 unspecified atom stereocenters. The van der Waals surface area contributed by atoms with Crippen molar-refractivity contribution in [3.05, 3.63) is 45.9 Å². The molecule has 0 aliphatic carbocycles. The molecule has 0 heterocycles. The van der Waals surface area contributed by atoms with Crippen molar-refractivity contribution in [1.29, 1.82) is 0 Å². The third-order valence-corrected chi connectivity index (χ3v) is 5.03. The fourth-order valence-corrected chi connectivity index (χ4v) is 2.97. The van der Waals surface area contributed by atoms with Crippen LogP contribution in [0.1, 0.15) is 0 Å². The average molecular weight is 391 g/mol. The van der Waals surface area contributed by atoms with Crippen molar-refractivity contribution in [2.45, 2.75) is 4.90 Å². The molecule has 0 aliphatic rings. The number of halogens is 2. The van der Waals surface area contributed by atoms with Crippen LogP contribution in [0.3, 0.4) is 0 Å². The molecule has 2 aromatic carbocycles. The van der Waals surface area contributed by atoms with Gasteiger partial charge in [0, 0.05) is 4.47 Å². The van der Waals surface area contributed by atoms with Crippen molar-refractivity contribution < 1.29 is 8.42 Å². The number of nitrogens with two attached hydrogens (primary N) is 1. The maximum atomic E-state index is 11.7. The van der Waals surface area contributed by atoms with Crippen molar-refractivity contribution in [3.8, 4) is 0 Å². The Balaban J connectivity index is 2.36. The summed E-state index contributed by atoms with van der Waals surface area (Å²) in [5, 5.41) is 3.61. The zero-order valence-corrected chi connectivity index (χ0v) is 14.2. The van der Waals surface area contributed by atoms with E-state index in [-0.39, 0.29) is 4.90 Å². The molecule has 8 heteroatoms. The molecule has 2 rings (SSSR count). The second kappa shape index (κ2) is 6.23. The molecule has 5 nitrogen and oxygen atoms in total. The second-order valence-corrected chi connectivity index (χ2v) is 7.42. The molecule has 0 atom stereocenters. The number of hydrogen-bond donors (Lipinski definition) is 3. The molecular formula is C13H13BrClN3O2S. The van der Waals surface area contributed by atoms with Crippen molar-refractivity contribution in [3.63, 3.8) is 0 Å². The van der Waals surface area contributed by atoms with Crippen LogP contribution in [-0.2, 0) is 10.0 Å². The fourth-order valence-electron chi connectivity index (χ4n) is 1.68. The van der Waals surface area contributed by atoms with Crippen LogP contribution in [0.4, 0.5) is 17.1 Å². The van der Waals surface area contributed by atoms with E-state index in [4.69, 9.17) is 17.3 Å². The van der Waals surface area contributed by atoms with Crippen molar-refractivity contribution in [2.24, 2.45) is 0 Å². The molecule has 4 N–H and O–H groups in total. The molecule has 21 heavy (non-hydrogen) atoms. The lowest BCUT2D eigenvalue weighted by Gasteiger charge is -2.12. The lowest BCUT2D eigenvalue weighted by Crippen LogP contribution is -2.18. The van der Waals surface area contributed by atoms with Gasteiger partial charge in [-0.2, -0.15) is 0 Å². The first-order valence-electron chi connectivity index (χ1n) is 5.88. The zero-order valence-electron chi connectivity index (χ0n) is 11.0. The molecule has 0 saturated carbocycles. The van der Waals surface area contributed by atoms with Gasteiger partial charge < -0.3 is 11.1 Å². The van der Waals surface area contributed by atoms with E-state index in [0.29, 0.717) is 22.1 Å². The Hall–Kier alpha value is -1.28. The molecule has 112 valence electrons. The van der Waals surface area contributed by atoms with E-state index >= 15 is 0 Å². The van der Waals surface area contributed by atoms with Crippen molar-refractivity contribution in [1.82, 2.24) is 4.72 Å². The standard InChI is InChI=1S/C13H13BrClN3O2S/c1-17-21(19,20)9-3-5-12(11(16)7-9)18-13-6-8(14)2-4-10(13)15/h2-7,17-18H,16H2,1H3. The van der Waals surface area contributed by atoms with Crippen LogP contribution in [0.15, 0.2) is 45.8 Å². The fraction of sp³-hybridized carbons (Fsp3) is 0.0769. The summed E-state index contributed by atoms with van der Waals surface area (Å²) in [6, 6.07) is 9.82. The van der Waals surface area contributed by atoms with Crippen molar-refractivity contribution >= 4 is 54.6 Å². The van der Waals surface area contributed by atoms with Gasteiger partial charge in [-0.1, -0.05) is 27.5 Å². The predicted molar refractivity (Wildman–Crippen MR) is 89.5 cm³/mol. The van der Waals surface area contributed by atoms with E-state index in [0.717, 1.165) is 4.47 Å². The summed E-state index contributed by atoms with van der Waals surface area (Å²) in [6.07, 6.45) is 0. The van der Waals surface area contributed by atoms with E-state index in [1.165, 1.54) is 19.2 Å². The Labute approximate surface area is 136 Å². The third kappa shape index (κ3) is 3.68. The van der Waals surface area contributed by atoms with Gasteiger partial charge in [0.2, 0.25) is 10.0 Å².